The molecule has 1 aliphatic rings. The number of hydrogen-bond acceptors (Lipinski definition) is 4. The van der Waals surface area contributed by atoms with Gasteiger partial charge in [0.05, 0.1) is 12.2 Å². The van der Waals surface area contributed by atoms with Gasteiger partial charge in [0, 0.05) is 18.5 Å². The van der Waals surface area contributed by atoms with Crippen LogP contribution in [0.1, 0.15) is 35.8 Å². The van der Waals surface area contributed by atoms with E-state index < -0.39 is 0 Å². The zero-order valence-corrected chi connectivity index (χ0v) is 12.9. The molecule has 0 spiro atoms. The van der Waals surface area contributed by atoms with Crippen LogP contribution in [0.25, 0.3) is 0 Å². The SMILES string of the molecule is CN(Cc1ccc(F)cc1)Cc1cc(C2CCNCC2)no1. The van der Waals surface area contributed by atoms with Crippen LogP contribution in [-0.2, 0) is 13.1 Å². The molecular weight excluding hydrogens is 281 g/mol. The number of piperidine rings is 1. The van der Waals surface area contributed by atoms with Gasteiger partial charge in [-0.15, -0.1) is 0 Å². The first-order valence-corrected chi connectivity index (χ1v) is 7.80. The lowest BCUT2D eigenvalue weighted by Gasteiger charge is -2.20. The molecule has 0 atom stereocenters. The van der Waals surface area contributed by atoms with E-state index >= 15 is 0 Å². The summed E-state index contributed by atoms with van der Waals surface area (Å²) in [6.07, 6.45) is 2.24. The van der Waals surface area contributed by atoms with Gasteiger partial charge >= 0.3 is 0 Å². The summed E-state index contributed by atoms with van der Waals surface area (Å²) in [5, 5.41) is 7.59. The zero-order chi connectivity index (χ0) is 15.4. The van der Waals surface area contributed by atoms with Crippen LogP contribution in [0.3, 0.4) is 0 Å². The molecule has 1 aromatic heterocycles. The molecule has 4 nitrogen and oxygen atoms in total. The lowest BCUT2D eigenvalue weighted by Crippen LogP contribution is -2.26. The summed E-state index contributed by atoms with van der Waals surface area (Å²) in [6.45, 7) is 3.56. The maximum atomic E-state index is 12.9. The molecule has 1 N–H and O–H groups in total. The third-order valence-corrected chi connectivity index (χ3v) is 4.13. The van der Waals surface area contributed by atoms with E-state index in [1.165, 1.54) is 12.1 Å². The second-order valence-electron chi connectivity index (χ2n) is 6.04. The van der Waals surface area contributed by atoms with Crippen molar-refractivity contribution in [2.45, 2.75) is 31.8 Å². The standard InChI is InChI=1S/C17H22FN3O/c1-21(11-13-2-4-15(18)5-3-13)12-16-10-17(20-22-16)14-6-8-19-9-7-14/h2-5,10,14,19H,6-9,11-12H2,1H3. The Hall–Kier alpha value is -1.72. The highest BCUT2D eigenvalue weighted by atomic mass is 19.1. The van der Waals surface area contributed by atoms with E-state index in [2.05, 4.69) is 21.4 Å². The van der Waals surface area contributed by atoms with Crippen molar-refractivity contribution < 1.29 is 8.91 Å². The second-order valence-corrected chi connectivity index (χ2v) is 6.04. The highest BCUT2D eigenvalue weighted by molar-refractivity contribution is 5.16. The van der Waals surface area contributed by atoms with Gasteiger partial charge in [-0.2, -0.15) is 0 Å². The number of nitrogens with zero attached hydrogens (tertiary/aromatic N) is 2. The summed E-state index contributed by atoms with van der Waals surface area (Å²) in [5.41, 5.74) is 2.16. The van der Waals surface area contributed by atoms with Gasteiger partial charge in [-0.05, 0) is 50.7 Å². The Morgan fingerprint density at radius 3 is 2.68 bits per heavy atom. The number of nitrogens with one attached hydrogen (secondary N) is 1. The van der Waals surface area contributed by atoms with Crippen LogP contribution in [0.5, 0.6) is 0 Å². The molecule has 2 aromatic rings. The molecule has 3 rings (SSSR count). The number of rotatable bonds is 5. The van der Waals surface area contributed by atoms with Crippen LogP contribution in [0.4, 0.5) is 4.39 Å². The molecule has 0 unspecified atom stereocenters. The van der Waals surface area contributed by atoms with Gasteiger partial charge in [0.25, 0.3) is 0 Å². The third kappa shape index (κ3) is 3.93. The smallest absolute Gasteiger partial charge is 0.150 e. The summed E-state index contributed by atoms with van der Waals surface area (Å²) in [6, 6.07) is 8.69. The van der Waals surface area contributed by atoms with E-state index in [1.54, 1.807) is 0 Å². The molecule has 0 saturated carbocycles. The fraction of sp³-hybridized carbons (Fsp3) is 0.471. The highest BCUT2D eigenvalue weighted by Gasteiger charge is 2.19. The van der Waals surface area contributed by atoms with Crippen LogP contribution in [0.2, 0.25) is 0 Å². The molecule has 0 aliphatic carbocycles. The van der Waals surface area contributed by atoms with Crippen molar-refractivity contribution >= 4 is 0 Å². The maximum absolute atomic E-state index is 12.9. The maximum Gasteiger partial charge on any atom is 0.150 e. The van der Waals surface area contributed by atoms with Crippen molar-refractivity contribution in [2.75, 3.05) is 20.1 Å². The van der Waals surface area contributed by atoms with Crippen molar-refractivity contribution in [1.82, 2.24) is 15.4 Å². The minimum atomic E-state index is -0.201. The van der Waals surface area contributed by atoms with Crippen molar-refractivity contribution in [2.24, 2.45) is 0 Å². The first-order valence-electron chi connectivity index (χ1n) is 7.80. The average molecular weight is 303 g/mol. The minimum Gasteiger partial charge on any atom is -0.360 e. The molecule has 118 valence electrons. The Bertz CT molecular complexity index is 590. The van der Waals surface area contributed by atoms with Crippen LogP contribution >= 0.6 is 0 Å². The molecule has 22 heavy (non-hydrogen) atoms. The van der Waals surface area contributed by atoms with E-state index in [9.17, 15) is 4.39 Å². The van der Waals surface area contributed by atoms with Crippen LogP contribution < -0.4 is 5.32 Å². The summed E-state index contributed by atoms with van der Waals surface area (Å²) < 4.78 is 18.4. The van der Waals surface area contributed by atoms with Gasteiger partial charge in [0.1, 0.15) is 5.82 Å². The zero-order valence-electron chi connectivity index (χ0n) is 12.9. The van der Waals surface area contributed by atoms with Crippen molar-refractivity contribution in [3.8, 4) is 0 Å². The van der Waals surface area contributed by atoms with E-state index in [0.717, 1.165) is 49.5 Å². The molecular formula is C17H22FN3O. The Morgan fingerprint density at radius 1 is 1.23 bits per heavy atom. The van der Waals surface area contributed by atoms with Crippen molar-refractivity contribution in [3.05, 3.63) is 53.2 Å². The van der Waals surface area contributed by atoms with Crippen LogP contribution in [-0.4, -0.2) is 30.2 Å². The predicted octanol–water partition coefficient (Wildman–Crippen LogP) is 2.91. The Balaban J connectivity index is 1.56. The van der Waals surface area contributed by atoms with Gasteiger partial charge in [-0.3, -0.25) is 4.90 Å². The number of hydrogen-bond donors (Lipinski definition) is 1. The average Bonchev–Trinajstić information content (AvgIpc) is 2.99. The Kier molecular flexibility index (Phi) is 4.85. The molecule has 5 heteroatoms. The molecule has 1 aromatic carbocycles. The molecule has 1 fully saturated rings. The first kappa shape index (κ1) is 15.2. The fourth-order valence-electron chi connectivity index (χ4n) is 2.94. The quantitative estimate of drug-likeness (QED) is 0.922. The second kappa shape index (κ2) is 7.03. The van der Waals surface area contributed by atoms with Crippen molar-refractivity contribution in [3.63, 3.8) is 0 Å². The largest absolute Gasteiger partial charge is 0.360 e. The summed E-state index contributed by atoms with van der Waals surface area (Å²) >= 11 is 0. The Morgan fingerprint density at radius 2 is 1.95 bits per heavy atom. The minimum absolute atomic E-state index is 0.201. The molecule has 0 radical (unpaired) electrons. The third-order valence-electron chi connectivity index (χ3n) is 4.13. The van der Waals surface area contributed by atoms with Crippen LogP contribution in [0.15, 0.2) is 34.9 Å². The van der Waals surface area contributed by atoms with Crippen LogP contribution in [0, 0.1) is 5.82 Å². The van der Waals surface area contributed by atoms with Gasteiger partial charge in [0.2, 0.25) is 0 Å². The van der Waals surface area contributed by atoms with Gasteiger partial charge in [0.15, 0.2) is 5.76 Å². The Labute approximate surface area is 130 Å². The topological polar surface area (TPSA) is 41.3 Å². The highest BCUT2D eigenvalue weighted by Crippen LogP contribution is 2.25. The summed E-state index contributed by atoms with van der Waals surface area (Å²) in [4.78, 5) is 2.14. The molecule has 1 aliphatic heterocycles. The van der Waals surface area contributed by atoms with E-state index in [0.29, 0.717) is 12.5 Å². The number of aromatic nitrogens is 1. The van der Waals surface area contributed by atoms with E-state index in [4.69, 9.17) is 4.52 Å². The molecule has 1 saturated heterocycles. The summed E-state index contributed by atoms with van der Waals surface area (Å²) in [5.74, 6) is 1.20. The lowest BCUT2D eigenvalue weighted by atomic mass is 9.94. The van der Waals surface area contributed by atoms with Gasteiger partial charge in [-0.1, -0.05) is 17.3 Å². The summed E-state index contributed by atoms with van der Waals surface area (Å²) in [7, 11) is 2.02. The van der Waals surface area contributed by atoms with Gasteiger partial charge < -0.3 is 9.84 Å². The van der Waals surface area contributed by atoms with E-state index in [1.807, 2.05) is 19.2 Å². The van der Waals surface area contributed by atoms with E-state index in [-0.39, 0.29) is 5.82 Å². The predicted molar refractivity (Wildman–Crippen MR) is 82.9 cm³/mol. The lowest BCUT2D eigenvalue weighted by molar-refractivity contribution is 0.264. The first-order chi connectivity index (χ1) is 10.7. The fourth-order valence-corrected chi connectivity index (χ4v) is 2.94. The molecule has 2 heterocycles. The van der Waals surface area contributed by atoms with Crippen molar-refractivity contribution in [1.29, 1.82) is 0 Å². The normalized spacial score (nSPS) is 16.3. The monoisotopic (exact) mass is 303 g/mol. The number of halogens is 1. The molecule has 0 bridgehead atoms. The molecule has 0 amide bonds. The number of benzene rings is 1. The van der Waals surface area contributed by atoms with Gasteiger partial charge in [-0.25, -0.2) is 4.39 Å².